The summed E-state index contributed by atoms with van der Waals surface area (Å²) in [6, 6.07) is 15.9. The van der Waals surface area contributed by atoms with Crippen molar-refractivity contribution in [3.05, 3.63) is 66.5 Å². The van der Waals surface area contributed by atoms with E-state index in [0.29, 0.717) is 39.0 Å². The summed E-state index contributed by atoms with van der Waals surface area (Å²) < 4.78 is 1.89. The third kappa shape index (κ3) is 3.45. The predicted octanol–water partition coefficient (Wildman–Crippen LogP) is 3.23. The van der Waals surface area contributed by atoms with E-state index in [1.807, 2.05) is 59.4 Å². The maximum Gasteiger partial charge on any atom is 0.178 e. The number of H-pyrrole nitrogens is 1. The lowest BCUT2D eigenvalue weighted by molar-refractivity contribution is -0.0342. The molecule has 5 rings (SSSR count). The summed E-state index contributed by atoms with van der Waals surface area (Å²) >= 11 is 0. The van der Waals surface area contributed by atoms with Gasteiger partial charge in [0.25, 0.3) is 0 Å². The van der Waals surface area contributed by atoms with Crippen molar-refractivity contribution >= 4 is 27.6 Å². The molecule has 0 aliphatic carbocycles. The van der Waals surface area contributed by atoms with Crippen molar-refractivity contribution in [2.75, 3.05) is 19.6 Å². The molecular weight excluding hydrogens is 364 g/mol. The number of fused-ring (bicyclic) bond motifs is 2. The molecule has 0 bridgehead atoms. The van der Waals surface area contributed by atoms with E-state index in [9.17, 15) is 9.90 Å². The van der Waals surface area contributed by atoms with E-state index in [4.69, 9.17) is 0 Å². The van der Waals surface area contributed by atoms with E-state index in [-0.39, 0.29) is 5.78 Å². The van der Waals surface area contributed by atoms with Gasteiger partial charge in [-0.15, -0.1) is 0 Å². The molecule has 1 saturated heterocycles. The number of para-hydroxylation sites is 2. The first-order valence-corrected chi connectivity index (χ1v) is 10.1. The molecule has 2 aromatic carbocycles. The number of aromatic nitrogens is 3. The molecule has 1 aliphatic rings. The van der Waals surface area contributed by atoms with Crippen LogP contribution < -0.4 is 0 Å². The number of piperidine rings is 1. The Morgan fingerprint density at radius 3 is 2.72 bits per heavy atom. The van der Waals surface area contributed by atoms with Crippen LogP contribution in [0, 0.1) is 0 Å². The van der Waals surface area contributed by atoms with E-state index in [0.717, 1.165) is 27.4 Å². The molecule has 0 saturated carbocycles. The van der Waals surface area contributed by atoms with E-state index in [2.05, 4.69) is 15.0 Å². The van der Waals surface area contributed by atoms with Gasteiger partial charge in [0.1, 0.15) is 0 Å². The highest BCUT2D eigenvalue weighted by Gasteiger charge is 2.34. The minimum Gasteiger partial charge on any atom is -0.388 e. The van der Waals surface area contributed by atoms with Crippen molar-refractivity contribution < 1.29 is 9.90 Å². The summed E-state index contributed by atoms with van der Waals surface area (Å²) in [7, 11) is 0. The Morgan fingerprint density at radius 2 is 1.86 bits per heavy atom. The lowest BCUT2D eigenvalue weighted by Gasteiger charge is -2.37. The number of ketones is 1. The maximum absolute atomic E-state index is 12.8. The van der Waals surface area contributed by atoms with E-state index in [1.165, 1.54) is 0 Å². The second-order valence-electron chi connectivity index (χ2n) is 8.03. The Labute approximate surface area is 168 Å². The number of likely N-dealkylation sites (tertiary alicyclic amines) is 1. The highest BCUT2D eigenvalue weighted by Crippen LogP contribution is 2.26. The summed E-state index contributed by atoms with van der Waals surface area (Å²) in [5.74, 6) is 0.117. The molecule has 0 amide bonds. The zero-order valence-electron chi connectivity index (χ0n) is 16.2. The molecule has 0 atom stereocenters. The topological polar surface area (TPSA) is 74.2 Å². The first-order chi connectivity index (χ1) is 14.1. The van der Waals surface area contributed by atoms with Gasteiger partial charge in [-0.2, -0.15) is 5.10 Å². The number of aromatic amines is 1. The number of carbonyl (C=O) groups is 1. The quantitative estimate of drug-likeness (QED) is 0.515. The third-order valence-electron chi connectivity index (χ3n) is 6.04. The molecule has 4 aromatic rings. The Bertz CT molecular complexity index is 1170. The van der Waals surface area contributed by atoms with E-state index >= 15 is 0 Å². The molecule has 29 heavy (non-hydrogen) atoms. The smallest absolute Gasteiger partial charge is 0.178 e. The molecule has 1 aliphatic heterocycles. The minimum atomic E-state index is -0.797. The number of hydrogen-bond donors (Lipinski definition) is 2. The lowest BCUT2D eigenvalue weighted by atomic mass is 9.91. The fourth-order valence-corrected chi connectivity index (χ4v) is 4.31. The van der Waals surface area contributed by atoms with Crippen LogP contribution in [0.1, 0.15) is 23.2 Å². The average Bonchev–Trinajstić information content (AvgIpc) is 3.34. The van der Waals surface area contributed by atoms with Crippen molar-refractivity contribution in [3.63, 3.8) is 0 Å². The molecular formula is C23H24N4O2. The largest absolute Gasteiger partial charge is 0.388 e. The summed E-state index contributed by atoms with van der Waals surface area (Å²) in [6.45, 7) is 2.25. The highest BCUT2D eigenvalue weighted by molar-refractivity contribution is 6.08. The standard InChI is InChI=1S/C23H24N4O2/c28-22(19-14-24-20-7-3-2-6-18(19)20)15-26-11-9-23(29,10-12-26)16-27-21-8-4-1-5-17(21)13-25-27/h1-8,13-14,24,29H,9-12,15-16H2. The van der Waals surface area contributed by atoms with Crippen LogP contribution in [0.2, 0.25) is 0 Å². The molecule has 0 radical (unpaired) electrons. The normalized spacial score (nSPS) is 17.1. The Kier molecular flexibility index (Phi) is 4.45. The second kappa shape index (κ2) is 7.13. The number of benzene rings is 2. The van der Waals surface area contributed by atoms with Gasteiger partial charge >= 0.3 is 0 Å². The van der Waals surface area contributed by atoms with Gasteiger partial charge < -0.3 is 10.1 Å². The summed E-state index contributed by atoms with van der Waals surface area (Å²) in [4.78, 5) is 18.1. The fourth-order valence-electron chi connectivity index (χ4n) is 4.31. The molecule has 1 fully saturated rings. The Morgan fingerprint density at radius 1 is 1.10 bits per heavy atom. The number of nitrogens with zero attached hydrogens (tertiary/aromatic N) is 3. The zero-order valence-corrected chi connectivity index (χ0v) is 16.2. The van der Waals surface area contributed by atoms with Crippen molar-refractivity contribution in [1.82, 2.24) is 19.7 Å². The SMILES string of the molecule is O=C(CN1CCC(O)(Cn2ncc3ccccc32)CC1)c1c[nH]c2ccccc12. The first-order valence-electron chi connectivity index (χ1n) is 10.1. The second-order valence-corrected chi connectivity index (χ2v) is 8.03. The van der Waals surface area contributed by atoms with Crippen LogP contribution >= 0.6 is 0 Å². The molecule has 0 unspecified atom stereocenters. The summed E-state index contributed by atoms with van der Waals surface area (Å²) in [5, 5.41) is 17.6. The minimum absolute atomic E-state index is 0.117. The van der Waals surface area contributed by atoms with Gasteiger partial charge in [-0.1, -0.05) is 36.4 Å². The predicted molar refractivity (Wildman–Crippen MR) is 113 cm³/mol. The fraction of sp³-hybridized carbons (Fsp3) is 0.304. The van der Waals surface area contributed by atoms with Gasteiger partial charge in [0.2, 0.25) is 0 Å². The van der Waals surface area contributed by atoms with Gasteiger partial charge in [-0.05, 0) is 25.0 Å². The average molecular weight is 388 g/mol. The van der Waals surface area contributed by atoms with Crippen molar-refractivity contribution in [1.29, 1.82) is 0 Å². The van der Waals surface area contributed by atoms with Crippen molar-refractivity contribution in [2.24, 2.45) is 0 Å². The Balaban J connectivity index is 1.23. The molecule has 3 heterocycles. The van der Waals surface area contributed by atoms with Crippen LogP contribution in [0.15, 0.2) is 60.9 Å². The molecule has 6 nitrogen and oxygen atoms in total. The maximum atomic E-state index is 12.8. The van der Waals surface area contributed by atoms with Gasteiger partial charge in [-0.3, -0.25) is 14.4 Å². The highest BCUT2D eigenvalue weighted by atomic mass is 16.3. The van der Waals surface area contributed by atoms with Gasteiger partial charge in [0.15, 0.2) is 5.78 Å². The molecule has 6 heteroatoms. The number of Topliss-reactive ketones (excluding diaryl/α,β-unsaturated/α-hetero) is 1. The van der Waals surface area contributed by atoms with Crippen molar-refractivity contribution in [2.45, 2.75) is 25.0 Å². The van der Waals surface area contributed by atoms with E-state index in [1.54, 1.807) is 6.20 Å². The summed E-state index contributed by atoms with van der Waals surface area (Å²) in [5.41, 5.74) is 1.97. The van der Waals surface area contributed by atoms with Crippen LogP contribution in [0.4, 0.5) is 0 Å². The van der Waals surface area contributed by atoms with Gasteiger partial charge in [0, 0.05) is 41.1 Å². The van der Waals surface area contributed by atoms with Gasteiger partial charge in [-0.25, -0.2) is 0 Å². The number of rotatable bonds is 5. The molecule has 2 aromatic heterocycles. The van der Waals surface area contributed by atoms with Crippen LogP contribution in [0.25, 0.3) is 21.8 Å². The summed E-state index contributed by atoms with van der Waals surface area (Å²) in [6.07, 6.45) is 4.90. The Hall–Kier alpha value is -2.96. The van der Waals surface area contributed by atoms with Crippen LogP contribution in [0.3, 0.4) is 0 Å². The van der Waals surface area contributed by atoms with Crippen LogP contribution in [-0.2, 0) is 6.54 Å². The van der Waals surface area contributed by atoms with E-state index < -0.39 is 5.60 Å². The number of carbonyl (C=O) groups excluding carboxylic acids is 1. The lowest BCUT2D eigenvalue weighted by Crippen LogP contribution is -2.48. The first kappa shape index (κ1) is 18.1. The van der Waals surface area contributed by atoms with Gasteiger partial charge in [0.05, 0.1) is 30.4 Å². The van der Waals surface area contributed by atoms with Crippen LogP contribution in [0.5, 0.6) is 0 Å². The molecule has 2 N–H and O–H groups in total. The molecule has 0 spiro atoms. The number of nitrogens with one attached hydrogen (secondary N) is 1. The monoisotopic (exact) mass is 388 g/mol. The van der Waals surface area contributed by atoms with Crippen LogP contribution in [-0.4, -0.2) is 55.8 Å². The van der Waals surface area contributed by atoms with Crippen molar-refractivity contribution in [3.8, 4) is 0 Å². The zero-order chi connectivity index (χ0) is 19.8. The number of aliphatic hydroxyl groups is 1. The number of hydrogen-bond acceptors (Lipinski definition) is 4. The third-order valence-corrected chi connectivity index (χ3v) is 6.04. The molecule has 148 valence electrons.